The molecule has 0 bridgehead atoms. The van der Waals surface area contributed by atoms with Crippen LogP contribution in [0.4, 0.5) is 0 Å². The van der Waals surface area contributed by atoms with E-state index < -0.39 is 18.0 Å². The average Bonchev–Trinajstić information content (AvgIpc) is 3.11. The Balaban J connectivity index is 1.52. The third kappa shape index (κ3) is 6.11. The van der Waals surface area contributed by atoms with Crippen molar-refractivity contribution in [2.75, 3.05) is 13.7 Å². The molecule has 1 aliphatic heterocycles. The van der Waals surface area contributed by atoms with E-state index in [9.17, 15) is 14.4 Å². The number of carbonyl (C=O) groups is 3. The highest BCUT2D eigenvalue weighted by molar-refractivity contribution is 6.30. The summed E-state index contributed by atoms with van der Waals surface area (Å²) in [5.74, 6) is -0.446. The fourth-order valence-electron chi connectivity index (χ4n) is 5.84. The predicted octanol–water partition coefficient (Wildman–Crippen LogP) is 5.33. The van der Waals surface area contributed by atoms with Crippen molar-refractivity contribution in [2.45, 2.75) is 44.3 Å². The second kappa shape index (κ2) is 12.7. The van der Waals surface area contributed by atoms with Gasteiger partial charge in [0.15, 0.2) is 0 Å². The molecule has 5 rings (SSSR count). The maximum absolute atomic E-state index is 14.5. The molecule has 1 unspecified atom stereocenters. The summed E-state index contributed by atoms with van der Waals surface area (Å²) in [6.07, 6.45) is 0.850. The number of rotatable bonds is 8. The molecular formula is C34H34ClN3O4. The molecule has 42 heavy (non-hydrogen) atoms. The normalized spacial score (nSPS) is 18.0. The van der Waals surface area contributed by atoms with Crippen LogP contribution in [0.1, 0.15) is 36.1 Å². The van der Waals surface area contributed by atoms with Crippen LogP contribution in [0.25, 0.3) is 10.8 Å². The minimum absolute atomic E-state index is 0.105. The zero-order chi connectivity index (χ0) is 29.8. The van der Waals surface area contributed by atoms with Crippen molar-refractivity contribution in [1.29, 1.82) is 0 Å². The lowest BCUT2D eigenvalue weighted by molar-refractivity contribution is -0.148. The van der Waals surface area contributed by atoms with Crippen LogP contribution in [0.5, 0.6) is 5.75 Å². The van der Waals surface area contributed by atoms with E-state index in [1.807, 2.05) is 61.5 Å². The Labute approximate surface area is 250 Å². The van der Waals surface area contributed by atoms with Crippen LogP contribution < -0.4 is 10.5 Å². The number of amides is 3. The fourth-order valence-corrected chi connectivity index (χ4v) is 6.04. The predicted molar refractivity (Wildman–Crippen MR) is 164 cm³/mol. The summed E-state index contributed by atoms with van der Waals surface area (Å²) in [7, 11) is 1.59. The van der Waals surface area contributed by atoms with Gasteiger partial charge in [-0.05, 0) is 65.1 Å². The van der Waals surface area contributed by atoms with Crippen LogP contribution in [0.15, 0.2) is 91.0 Å². The zero-order valence-electron chi connectivity index (χ0n) is 23.7. The molecule has 8 heteroatoms. The van der Waals surface area contributed by atoms with E-state index in [1.165, 1.54) is 0 Å². The lowest BCUT2D eigenvalue weighted by Crippen LogP contribution is -2.52. The first kappa shape index (κ1) is 29.1. The summed E-state index contributed by atoms with van der Waals surface area (Å²) < 4.78 is 5.25. The monoisotopic (exact) mass is 583 g/mol. The fraction of sp³-hybridized carbons (Fsp3) is 0.265. The van der Waals surface area contributed by atoms with Crippen LogP contribution in [-0.2, 0) is 27.2 Å². The molecule has 1 heterocycles. The van der Waals surface area contributed by atoms with E-state index in [0.29, 0.717) is 22.8 Å². The average molecular weight is 584 g/mol. The van der Waals surface area contributed by atoms with Crippen molar-refractivity contribution in [1.82, 2.24) is 9.80 Å². The highest BCUT2D eigenvalue weighted by Crippen LogP contribution is 2.33. The van der Waals surface area contributed by atoms with E-state index in [-0.39, 0.29) is 37.2 Å². The molecule has 3 amide bonds. The quantitative estimate of drug-likeness (QED) is 0.303. The minimum Gasteiger partial charge on any atom is -0.497 e. The number of ether oxygens (including phenoxy) is 1. The van der Waals surface area contributed by atoms with Gasteiger partial charge in [-0.1, -0.05) is 78.3 Å². The standard InChI is InChI=1S/C34H34ClN3O4/c1-22-17-18-37(30(33(36)40)21-25-9-5-8-24-7-3-4-12-29(24)25)34(41)32(26-10-6-11-27(35)20-26)38(22)31(39)19-23-13-15-28(42-2)16-14-23/h3-16,20,22,30,32H,17-19,21H2,1-2H3,(H2,36,40)/t22-,30?,32+/m1/s1. The second-order valence-corrected chi connectivity index (χ2v) is 11.1. The molecule has 0 spiro atoms. The summed E-state index contributed by atoms with van der Waals surface area (Å²) in [4.78, 5) is 44.7. The van der Waals surface area contributed by atoms with Gasteiger partial charge in [-0.3, -0.25) is 14.4 Å². The molecule has 216 valence electrons. The molecule has 4 aromatic rings. The van der Waals surface area contributed by atoms with Crippen molar-refractivity contribution in [3.8, 4) is 5.75 Å². The van der Waals surface area contributed by atoms with Gasteiger partial charge < -0.3 is 20.3 Å². The number of benzene rings is 4. The van der Waals surface area contributed by atoms with Gasteiger partial charge in [-0.25, -0.2) is 0 Å². The summed E-state index contributed by atoms with van der Waals surface area (Å²) in [5, 5.41) is 2.50. The molecule has 0 radical (unpaired) electrons. The number of carbonyl (C=O) groups excluding carboxylic acids is 3. The van der Waals surface area contributed by atoms with Gasteiger partial charge in [-0.15, -0.1) is 0 Å². The summed E-state index contributed by atoms with van der Waals surface area (Å²) in [5.41, 5.74) is 8.30. The minimum atomic E-state index is -0.971. The van der Waals surface area contributed by atoms with Gasteiger partial charge in [0.2, 0.25) is 11.8 Å². The highest BCUT2D eigenvalue weighted by Gasteiger charge is 2.43. The molecule has 0 saturated carbocycles. The van der Waals surface area contributed by atoms with Crippen molar-refractivity contribution in [2.24, 2.45) is 5.73 Å². The first-order valence-corrected chi connectivity index (χ1v) is 14.4. The van der Waals surface area contributed by atoms with Gasteiger partial charge in [0.25, 0.3) is 5.91 Å². The molecule has 3 atom stereocenters. The topological polar surface area (TPSA) is 92.9 Å². The van der Waals surface area contributed by atoms with E-state index in [2.05, 4.69) is 0 Å². The van der Waals surface area contributed by atoms with E-state index in [0.717, 1.165) is 21.9 Å². The van der Waals surface area contributed by atoms with Crippen molar-refractivity contribution >= 4 is 40.1 Å². The van der Waals surface area contributed by atoms with Gasteiger partial charge in [0.1, 0.15) is 17.8 Å². The Morgan fingerprint density at radius 2 is 1.71 bits per heavy atom. The largest absolute Gasteiger partial charge is 0.497 e. The lowest BCUT2D eigenvalue weighted by atomic mass is 9.96. The van der Waals surface area contributed by atoms with Crippen LogP contribution >= 0.6 is 11.6 Å². The van der Waals surface area contributed by atoms with Crippen molar-refractivity contribution in [3.63, 3.8) is 0 Å². The van der Waals surface area contributed by atoms with Gasteiger partial charge in [0.05, 0.1) is 13.5 Å². The molecule has 0 aliphatic carbocycles. The Bertz CT molecular complexity index is 1600. The summed E-state index contributed by atoms with van der Waals surface area (Å²) in [6, 6.07) is 26.0. The molecular weight excluding hydrogens is 550 g/mol. The third-order valence-corrected chi connectivity index (χ3v) is 8.26. The van der Waals surface area contributed by atoms with Crippen molar-refractivity contribution in [3.05, 3.63) is 113 Å². The number of methoxy groups -OCH3 is 1. The maximum Gasteiger partial charge on any atom is 0.250 e. The summed E-state index contributed by atoms with van der Waals surface area (Å²) in [6.45, 7) is 2.21. The molecule has 2 N–H and O–H groups in total. The van der Waals surface area contributed by atoms with Crippen molar-refractivity contribution < 1.29 is 19.1 Å². The Hall–Kier alpha value is -4.36. The first-order chi connectivity index (χ1) is 20.3. The highest BCUT2D eigenvalue weighted by atomic mass is 35.5. The number of hydrogen-bond donors (Lipinski definition) is 1. The SMILES string of the molecule is COc1ccc(CC(=O)N2[C@H](C)CCN(C(Cc3cccc4ccccc34)C(N)=O)C(=O)[C@@H]2c2cccc(Cl)c2)cc1. The molecule has 1 saturated heterocycles. The number of nitrogens with two attached hydrogens (primary N) is 1. The molecule has 1 aliphatic rings. The maximum atomic E-state index is 14.5. The second-order valence-electron chi connectivity index (χ2n) is 10.7. The molecule has 7 nitrogen and oxygen atoms in total. The Morgan fingerprint density at radius 3 is 2.43 bits per heavy atom. The van der Waals surface area contributed by atoms with Gasteiger partial charge >= 0.3 is 0 Å². The van der Waals surface area contributed by atoms with E-state index >= 15 is 0 Å². The number of nitrogens with zero attached hydrogens (tertiary/aromatic N) is 2. The first-order valence-electron chi connectivity index (χ1n) is 14.0. The molecule has 1 fully saturated rings. The number of halogens is 1. The Kier molecular flexibility index (Phi) is 8.78. The van der Waals surface area contributed by atoms with Crippen LogP contribution in [-0.4, -0.2) is 53.3 Å². The smallest absolute Gasteiger partial charge is 0.250 e. The summed E-state index contributed by atoms with van der Waals surface area (Å²) >= 11 is 6.37. The molecule has 4 aromatic carbocycles. The number of primary amides is 1. The third-order valence-electron chi connectivity index (χ3n) is 8.02. The number of fused-ring (bicyclic) bond motifs is 1. The van der Waals surface area contributed by atoms with E-state index in [1.54, 1.807) is 53.3 Å². The Morgan fingerprint density at radius 1 is 1.00 bits per heavy atom. The van der Waals surface area contributed by atoms with Crippen LogP contribution in [0.2, 0.25) is 5.02 Å². The molecule has 0 aromatic heterocycles. The van der Waals surface area contributed by atoms with Gasteiger partial charge in [-0.2, -0.15) is 0 Å². The van der Waals surface area contributed by atoms with Gasteiger partial charge in [0, 0.05) is 24.0 Å². The van der Waals surface area contributed by atoms with Crippen LogP contribution in [0, 0.1) is 0 Å². The number of hydrogen-bond acceptors (Lipinski definition) is 4. The zero-order valence-corrected chi connectivity index (χ0v) is 24.5. The van der Waals surface area contributed by atoms with E-state index in [4.69, 9.17) is 22.1 Å². The lowest BCUT2D eigenvalue weighted by Gasteiger charge is -2.36. The van der Waals surface area contributed by atoms with Crippen LogP contribution in [0.3, 0.4) is 0 Å².